The van der Waals surface area contributed by atoms with Gasteiger partial charge in [-0.15, -0.1) is 0 Å². The molecule has 0 aromatic carbocycles. The Hall–Kier alpha value is -1.38. The molecule has 1 N–H and O–H groups in total. The molecule has 0 amide bonds. The van der Waals surface area contributed by atoms with Gasteiger partial charge < -0.3 is 5.11 Å². The van der Waals surface area contributed by atoms with Crippen LogP contribution in [0.4, 0.5) is 0 Å². The average Bonchev–Trinajstić information content (AvgIpc) is 1.77. The minimum atomic E-state index is -0.956. The number of aliphatic carboxylic acids is 1. The molecule has 1 rings (SSSR count). The second-order valence-corrected chi connectivity index (χ2v) is 2.02. The van der Waals surface area contributed by atoms with Crippen LogP contribution < -0.4 is 0 Å². The molecule has 0 unspecified atom stereocenters. The normalized spacial score (nSPS) is 13.8. The summed E-state index contributed by atoms with van der Waals surface area (Å²) in [7, 11) is 0. The number of nitrogens with zero attached hydrogens (tertiary/aromatic N) is 1. The Morgan fingerprint density at radius 2 is 2.40 bits per heavy atom. The molecule has 3 nitrogen and oxygen atoms in total. The van der Waals surface area contributed by atoms with Crippen LogP contribution in [-0.2, 0) is 4.79 Å². The Bertz CT molecular complexity index is 238. The lowest BCUT2D eigenvalue weighted by Crippen LogP contribution is -2.06. The van der Waals surface area contributed by atoms with Gasteiger partial charge in [0.25, 0.3) is 0 Å². The van der Waals surface area contributed by atoms with Gasteiger partial charge in [-0.3, -0.25) is 4.99 Å². The molecular weight excluding hydrogens is 130 g/mol. The summed E-state index contributed by atoms with van der Waals surface area (Å²) in [6.45, 7) is 3.36. The van der Waals surface area contributed by atoms with Crippen molar-refractivity contribution < 1.29 is 9.90 Å². The third kappa shape index (κ3) is 1.31. The molecule has 0 saturated carbocycles. The van der Waals surface area contributed by atoms with Crippen LogP contribution in [0.1, 0.15) is 6.42 Å². The van der Waals surface area contributed by atoms with Crippen LogP contribution in [0.5, 0.6) is 0 Å². The number of carboxylic acid groups (broad SMARTS) is 1. The van der Waals surface area contributed by atoms with E-state index in [2.05, 4.69) is 11.6 Å². The summed E-state index contributed by atoms with van der Waals surface area (Å²) in [4.78, 5) is 14.0. The summed E-state index contributed by atoms with van der Waals surface area (Å²) in [5, 5.41) is 8.37. The summed E-state index contributed by atoms with van der Waals surface area (Å²) >= 11 is 0. The van der Waals surface area contributed by atoms with Crippen molar-refractivity contribution in [1.82, 2.24) is 0 Å². The average molecular weight is 137 g/mol. The Morgan fingerprint density at radius 3 is 2.70 bits per heavy atom. The maximum atomic E-state index is 10.2. The lowest BCUT2D eigenvalue weighted by Gasteiger charge is -2.03. The van der Waals surface area contributed by atoms with Gasteiger partial charge in [0, 0.05) is 23.9 Å². The molecule has 0 bridgehead atoms. The maximum Gasteiger partial charge on any atom is 0.331 e. The Morgan fingerprint density at radius 1 is 1.80 bits per heavy atom. The van der Waals surface area contributed by atoms with E-state index in [4.69, 9.17) is 5.11 Å². The standard InChI is InChI=1S/C7H7NO2/c1-5(7(9)10)4-6-2-3-8-6/h2-3H,1,4H2,(H,9,10). The van der Waals surface area contributed by atoms with E-state index in [-0.39, 0.29) is 5.57 Å². The molecule has 0 aliphatic carbocycles. The predicted molar refractivity (Wildman–Crippen MR) is 38.0 cm³/mol. The minimum absolute atomic E-state index is 0.183. The molecule has 0 spiro atoms. The zero-order valence-corrected chi connectivity index (χ0v) is 5.37. The molecule has 1 aliphatic rings. The highest BCUT2D eigenvalue weighted by Crippen LogP contribution is 2.06. The number of carboxylic acids is 1. The predicted octanol–water partition coefficient (Wildman–Crippen LogP) is 0.986. The van der Waals surface area contributed by atoms with Crippen LogP contribution in [0.25, 0.3) is 0 Å². The van der Waals surface area contributed by atoms with Crippen molar-refractivity contribution in [2.75, 3.05) is 0 Å². The number of aliphatic imine (C=N–C) groups is 1. The third-order valence-electron chi connectivity index (χ3n) is 1.20. The van der Waals surface area contributed by atoms with E-state index in [9.17, 15) is 4.79 Å². The van der Waals surface area contributed by atoms with Crippen LogP contribution >= 0.6 is 0 Å². The molecule has 0 fully saturated rings. The van der Waals surface area contributed by atoms with Crippen LogP contribution in [0, 0.1) is 0 Å². The first-order valence-electron chi connectivity index (χ1n) is 2.84. The highest BCUT2D eigenvalue weighted by atomic mass is 16.4. The largest absolute Gasteiger partial charge is 0.478 e. The van der Waals surface area contributed by atoms with Gasteiger partial charge in [-0.1, -0.05) is 6.58 Å². The van der Waals surface area contributed by atoms with E-state index in [1.807, 2.05) is 0 Å². The minimum Gasteiger partial charge on any atom is -0.478 e. The number of allylic oxidation sites excluding steroid dienone is 1. The molecule has 3 heteroatoms. The number of hydrogen-bond acceptors (Lipinski definition) is 2. The molecule has 0 atom stereocenters. The molecule has 10 heavy (non-hydrogen) atoms. The van der Waals surface area contributed by atoms with E-state index in [0.29, 0.717) is 6.42 Å². The number of carbonyl (C=O) groups is 1. The smallest absolute Gasteiger partial charge is 0.331 e. The highest BCUT2D eigenvalue weighted by molar-refractivity contribution is 6.05. The molecule has 0 aromatic rings. The van der Waals surface area contributed by atoms with Crippen molar-refractivity contribution in [3.05, 3.63) is 24.4 Å². The van der Waals surface area contributed by atoms with Crippen LogP contribution in [-0.4, -0.2) is 16.8 Å². The fourth-order valence-electron chi connectivity index (χ4n) is 0.579. The summed E-state index contributed by atoms with van der Waals surface area (Å²) < 4.78 is 0. The SMILES string of the molecule is C=C(CC1=NC=C1)C(=O)O. The van der Waals surface area contributed by atoms with Crippen molar-refractivity contribution in [3.63, 3.8) is 0 Å². The van der Waals surface area contributed by atoms with Crippen molar-refractivity contribution in [2.45, 2.75) is 6.42 Å². The van der Waals surface area contributed by atoms with Gasteiger partial charge in [-0.2, -0.15) is 0 Å². The second-order valence-electron chi connectivity index (χ2n) is 2.02. The lowest BCUT2D eigenvalue weighted by molar-refractivity contribution is -0.132. The summed E-state index contributed by atoms with van der Waals surface area (Å²) in [6, 6.07) is 0. The fraction of sp³-hybridized carbons (Fsp3) is 0.143. The molecule has 52 valence electrons. The zero-order valence-electron chi connectivity index (χ0n) is 5.37. The first kappa shape index (κ1) is 6.74. The molecular formula is C7H7NO2. The van der Waals surface area contributed by atoms with E-state index < -0.39 is 5.97 Å². The van der Waals surface area contributed by atoms with Crippen molar-refractivity contribution in [3.8, 4) is 0 Å². The van der Waals surface area contributed by atoms with E-state index >= 15 is 0 Å². The lowest BCUT2D eigenvalue weighted by atomic mass is 10.1. The molecule has 1 aliphatic heterocycles. The van der Waals surface area contributed by atoms with Gasteiger partial charge in [0.2, 0.25) is 0 Å². The van der Waals surface area contributed by atoms with E-state index in [0.717, 1.165) is 5.71 Å². The quantitative estimate of drug-likeness (QED) is 0.589. The summed E-state index contributed by atoms with van der Waals surface area (Å²) in [5.74, 6) is -0.956. The van der Waals surface area contributed by atoms with Crippen LogP contribution in [0.3, 0.4) is 0 Å². The fourth-order valence-corrected chi connectivity index (χ4v) is 0.579. The summed E-state index contributed by atoms with van der Waals surface area (Å²) in [6.07, 6.45) is 3.75. The van der Waals surface area contributed by atoms with Crippen molar-refractivity contribution in [2.24, 2.45) is 4.99 Å². The topological polar surface area (TPSA) is 49.7 Å². The van der Waals surface area contributed by atoms with Crippen LogP contribution in [0.15, 0.2) is 29.4 Å². The highest BCUT2D eigenvalue weighted by Gasteiger charge is 2.08. The number of rotatable bonds is 3. The molecule has 1 heterocycles. The Labute approximate surface area is 58.4 Å². The first-order valence-corrected chi connectivity index (χ1v) is 2.84. The second kappa shape index (κ2) is 2.47. The van der Waals surface area contributed by atoms with Gasteiger partial charge in [0.05, 0.1) is 0 Å². The number of hydrogen-bond donors (Lipinski definition) is 1. The Balaban J connectivity index is 2.39. The van der Waals surface area contributed by atoms with E-state index in [1.54, 1.807) is 12.3 Å². The maximum absolute atomic E-state index is 10.2. The van der Waals surface area contributed by atoms with Gasteiger partial charge in [-0.05, 0) is 6.08 Å². The van der Waals surface area contributed by atoms with Gasteiger partial charge in [0.15, 0.2) is 0 Å². The van der Waals surface area contributed by atoms with E-state index in [1.165, 1.54) is 0 Å². The van der Waals surface area contributed by atoms with Gasteiger partial charge in [-0.25, -0.2) is 4.79 Å². The van der Waals surface area contributed by atoms with Crippen molar-refractivity contribution >= 4 is 11.7 Å². The van der Waals surface area contributed by atoms with Crippen molar-refractivity contribution in [1.29, 1.82) is 0 Å². The molecule has 0 radical (unpaired) electrons. The van der Waals surface area contributed by atoms with Crippen LogP contribution in [0.2, 0.25) is 0 Å². The summed E-state index contributed by atoms with van der Waals surface area (Å²) in [5.41, 5.74) is 0.968. The zero-order chi connectivity index (χ0) is 7.56. The van der Waals surface area contributed by atoms with Gasteiger partial charge in [0.1, 0.15) is 0 Å². The third-order valence-corrected chi connectivity index (χ3v) is 1.20. The molecule has 0 saturated heterocycles. The monoisotopic (exact) mass is 137 g/mol. The van der Waals surface area contributed by atoms with Gasteiger partial charge >= 0.3 is 5.97 Å². The Kier molecular flexibility index (Phi) is 1.67. The first-order chi connectivity index (χ1) is 4.70. The molecule has 0 aromatic heterocycles.